The van der Waals surface area contributed by atoms with Crippen molar-refractivity contribution in [3.63, 3.8) is 0 Å². The van der Waals surface area contributed by atoms with Crippen LogP contribution in [0.2, 0.25) is 0 Å². The average Bonchev–Trinajstić information content (AvgIpc) is 2.27. The third-order valence-electron chi connectivity index (χ3n) is 2.83. The Morgan fingerprint density at radius 3 is 2.11 bits per heavy atom. The normalized spacial score (nSPS) is 13.1. The standard InChI is InChI=1S/C13H19NO4S/c1-5-19(17,18)14(11(4)13(15)16)12-7-9(2)6-10(3)8-12/h6-8,11H,5H2,1-4H3,(H,15,16). The van der Waals surface area contributed by atoms with Gasteiger partial charge in [-0.3, -0.25) is 4.31 Å². The minimum atomic E-state index is -3.64. The number of rotatable bonds is 5. The summed E-state index contributed by atoms with van der Waals surface area (Å²) in [5, 5.41) is 9.11. The van der Waals surface area contributed by atoms with Gasteiger partial charge in [-0.05, 0) is 51.0 Å². The quantitative estimate of drug-likeness (QED) is 0.897. The second kappa shape index (κ2) is 5.61. The fourth-order valence-corrected chi connectivity index (χ4v) is 3.22. The van der Waals surface area contributed by atoms with Gasteiger partial charge >= 0.3 is 5.97 Å². The number of benzene rings is 1. The van der Waals surface area contributed by atoms with Crippen molar-refractivity contribution in [3.8, 4) is 0 Å². The second-order valence-electron chi connectivity index (χ2n) is 4.56. The summed E-state index contributed by atoms with van der Waals surface area (Å²) in [5.41, 5.74) is 2.18. The molecule has 6 heteroatoms. The van der Waals surface area contributed by atoms with Crippen molar-refractivity contribution in [1.82, 2.24) is 0 Å². The van der Waals surface area contributed by atoms with Crippen molar-refractivity contribution < 1.29 is 18.3 Å². The first-order chi connectivity index (χ1) is 8.69. The Kier molecular flexibility index (Phi) is 4.57. The number of hydrogen-bond donors (Lipinski definition) is 1. The first-order valence-corrected chi connectivity index (χ1v) is 7.63. The van der Waals surface area contributed by atoms with Crippen LogP contribution in [0.5, 0.6) is 0 Å². The Morgan fingerprint density at radius 2 is 1.74 bits per heavy atom. The first kappa shape index (κ1) is 15.5. The van der Waals surface area contributed by atoms with Crippen LogP contribution in [0, 0.1) is 13.8 Å². The summed E-state index contributed by atoms with van der Waals surface area (Å²) in [6.07, 6.45) is 0. The average molecular weight is 285 g/mol. The van der Waals surface area contributed by atoms with Crippen molar-refractivity contribution in [2.75, 3.05) is 10.1 Å². The Bertz CT molecular complexity index is 560. The summed E-state index contributed by atoms with van der Waals surface area (Å²) in [4.78, 5) is 11.1. The van der Waals surface area contributed by atoms with Crippen LogP contribution in [0.25, 0.3) is 0 Å². The van der Waals surface area contributed by atoms with Gasteiger partial charge in [0.15, 0.2) is 0 Å². The Labute approximate surface area is 113 Å². The lowest BCUT2D eigenvalue weighted by Crippen LogP contribution is -2.44. The minimum Gasteiger partial charge on any atom is -0.480 e. The molecule has 0 aliphatic heterocycles. The van der Waals surface area contributed by atoms with Crippen LogP contribution in [-0.4, -0.2) is 31.3 Å². The highest BCUT2D eigenvalue weighted by molar-refractivity contribution is 7.92. The molecule has 1 unspecified atom stereocenters. The van der Waals surface area contributed by atoms with E-state index in [1.807, 2.05) is 19.9 Å². The molecule has 0 spiro atoms. The molecule has 106 valence electrons. The second-order valence-corrected chi connectivity index (χ2v) is 6.69. The summed E-state index contributed by atoms with van der Waals surface area (Å²) in [6.45, 7) is 6.56. The summed E-state index contributed by atoms with van der Waals surface area (Å²) in [5.74, 6) is -1.31. The molecular formula is C13H19NO4S. The van der Waals surface area contributed by atoms with E-state index in [2.05, 4.69) is 0 Å². The number of sulfonamides is 1. The highest BCUT2D eigenvalue weighted by Crippen LogP contribution is 2.24. The van der Waals surface area contributed by atoms with Crippen LogP contribution < -0.4 is 4.31 Å². The van der Waals surface area contributed by atoms with E-state index in [9.17, 15) is 13.2 Å². The predicted octanol–water partition coefficient (Wildman–Crippen LogP) is 1.93. The van der Waals surface area contributed by atoms with E-state index in [-0.39, 0.29) is 5.75 Å². The fourth-order valence-electron chi connectivity index (χ4n) is 1.94. The van der Waals surface area contributed by atoms with Crippen LogP contribution >= 0.6 is 0 Å². The number of nitrogens with zero attached hydrogens (tertiary/aromatic N) is 1. The number of anilines is 1. The molecule has 0 saturated carbocycles. The highest BCUT2D eigenvalue weighted by atomic mass is 32.2. The summed E-state index contributed by atoms with van der Waals surface area (Å²) >= 11 is 0. The van der Waals surface area contributed by atoms with Gasteiger partial charge in [0.2, 0.25) is 10.0 Å². The maximum atomic E-state index is 12.1. The SMILES string of the molecule is CCS(=O)(=O)N(c1cc(C)cc(C)c1)C(C)C(=O)O. The van der Waals surface area contributed by atoms with E-state index in [0.717, 1.165) is 15.4 Å². The van der Waals surface area contributed by atoms with E-state index < -0.39 is 22.0 Å². The van der Waals surface area contributed by atoms with Crippen molar-refractivity contribution in [2.45, 2.75) is 33.7 Å². The summed E-state index contributed by atoms with van der Waals surface area (Å²) in [6, 6.07) is 4.14. The first-order valence-electron chi connectivity index (χ1n) is 6.02. The van der Waals surface area contributed by atoms with E-state index in [1.54, 1.807) is 12.1 Å². The maximum Gasteiger partial charge on any atom is 0.327 e. The molecule has 1 N–H and O–H groups in total. The Balaban J connectivity index is 3.43. The zero-order valence-corrected chi connectivity index (χ0v) is 12.4. The van der Waals surface area contributed by atoms with Gasteiger partial charge in [-0.2, -0.15) is 0 Å². The third-order valence-corrected chi connectivity index (χ3v) is 4.69. The van der Waals surface area contributed by atoms with Gasteiger partial charge < -0.3 is 5.11 Å². The fraction of sp³-hybridized carbons (Fsp3) is 0.462. The number of hydrogen-bond acceptors (Lipinski definition) is 3. The van der Waals surface area contributed by atoms with Crippen molar-refractivity contribution in [2.24, 2.45) is 0 Å². The van der Waals surface area contributed by atoms with Crippen LogP contribution in [0.3, 0.4) is 0 Å². The van der Waals surface area contributed by atoms with Crippen molar-refractivity contribution >= 4 is 21.7 Å². The molecule has 5 nitrogen and oxygen atoms in total. The van der Waals surface area contributed by atoms with E-state index in [4.69, 9.17) is 5.11 Å². The number of aliphatic carboxylic acids is 1. The van der Waals surface area contributed by atoms with Gasteiger partial charge in [-0.1, -0.05) is 6.07 Å². The molecular weight excluding hydrogens is 266 g/mol. The number of carbonyl (C=O) groups is 1. The molecule has 1 rings (SSSR count). The largest absolute Gasteiger partial charge is 0.480 e. The molecule has 0 amide bonds. The number of carboxylic acids is 1. The van der Waals surface area contributed by atoms with E-state index in [0.29, 0.717) is 5.69 Å². The molecule has 1 aromatic rings. The van der Waals surface area contributed by atoms with E-state index in [1.165, 1.54) is 13.8 Å². The van der Waals surface area contributed by atoms with Crippen LogP contribution in [0.4, 0.5) is 5.69 Å². The van der Waals surface area contributed by atoms with Gasteiger partial charge in [0.25, 0.3) is 0 Å². The molecule has 0 fully saturated rings. The molecule has 0 bridgehead atoms. The van der Waals surface area contributed by atoms with Crippen LogP contribution in [0.15, 0.2) is 18.2 Å². The number of aryl methyl sites for hydroxylation is 2. The molecule has 0 heterocycles. The topological polar surface area (TPSA) is 74.7 Å². The lowest BCUT2D eigenvalue weighted by atomic mass is 10.1. The minimum absolute atomic E-state index is 0.141. The van der Waals surface area contributed by atoms with Crippen molar-refractivity contribution in [3.05, 3.63) is 29.3 Å². The monoisotopic (exact) mass is 285 g/mol. The van der Waals surface area contributed by atoms with Gasteiger partial charge in [-0.25, -0.2) is 13.2 Å². The van der Waals surface area contributed by atoms with Gasteiger partial charge in [0.1, 0.15) is 6.04 Å². The van der Waals surface area contributed by atoms with Crippen LogP contribution in [0.1, 0.15) is 25.0 Å². The Hall–Kier alpha value is -1.56. The maximum absolute atomic E-state index is 12.1. The molecule has 1 atom stereocenters. The number of carboxylic acid groups (broad SMARTS) is 1. The predicted molar refractivity (Wildman–Crippen MR) is 75.0 cm³/mol. The zero-order valence-electron chi connectivity index (χ0n) is 11.5. The Morgan fingerprint density at radius 1 is 1.26 bits per heavy atom. The van der Waals surface area contributed by atoms with Gasteiger partial charge in [-0.15, -0.1) is 0 Å². The van der Waals surface area contributed by atoms with Crippen molar-refractivity contribution in [1.29, 1.82) is 0 Å². The smallest absolute Gasteiger partial charge is 0.327 e. The zero-order chi connectivity index (χ0) is 14.8. The lowest BCUT2D eigenvalue weighted by Gasteiger charge is -2.28. The molecule has 0 aliphatic rings. The molecule has 0 saturated heterocycles. The van der Waals surface area contributed by atoms with Crippen LogP contribution in [-0.2, 0) is 14.8 Å². The van der Waals surface area contributed by atoms with Gasteiger partial charge in [0.05, 0.1) is 11.4 Å². The highest BCUT2D eigenvalue weighted by Gasteiger charge is 2.30. The van der Waals surface area contributed by atoms with Gasteiger partial charge in [0, 0.05) is 0 Å². The molecule has 0 aromatic heterocycles. The molecule has 0 radical (unpaired) electrons. The lowest BCUT2D eigenvalue weighted by molar-refractivity contribution is -0.137. The molecule has 0 aliphatic carbocycles. The summed E-state index contributed by atoms with van der Waals surface area (Å²) < 4.78 is 25.2. The molecule has 1 aromatic carbocycles. The molecule has 19 heavy (non-hydrogen) atoms. The summed E-state index contributed by atoms with van der Waals surface area (Å²) in [7, 11) is -3.64. The third kappa shape index (κ3) is 3.47. The van der Waals surface area contributed by atoms with E-state index >= 15 is 0 Å².